The molecule has 0 saturated carbocycles. The van der Waals surface area contributed by atoms with Crippen LogP contribution in [0.3, 0.4) is 0 Å². The molecule has 0 aliphatic carbocycles. The second-order valence-electron chi connectivity index (χ2n) is 7.27. The number of carbonyl (C=O) groups is 3. The number of ether oxygens (including phenoxy) is 1. The van der Waals surface area contributed by atoms with E-state index < -0.39 is 41.0 Å². The Morgan fingerprint density at radius 3 is 2.46 bits per heavy atom. The van der Waals surface area contributed by atoms with Crippen molar-refractivity contribution >= 4 is 27.8 Å². The van der Waals surface area contributed by atoms with Crippen molar-refractivity contribution < 1.29 is 27.5 Å². The Labute approximate surface area is 165 Å². The molecule has 154 valence electrons. The number of hydrogen-bond acceptors (Lipinski definition) is 6. The summed E-state index contributed by atoms with van der Waals surface area (Å²) in [6.45, 7) is 4.83. The van der Waals surface area contributed by atoms with E-state index in [4.69, 9.17) is 4.74 Å². The largest absolute Gasteiger partial charge is 0.454 e. The summed E-state index contributed by atoms with van der Waals surface area (Å²) in [4.78, 5) is 35.9. The van der Waals surface area contributed by atoms with Crippen molar-refractivity contribution in [1.29, 1.82) is 0 Å². The summed E-state index contributed by atoms with van der Waals surface area (Å²) in [6.07, 6.45) is 2.86. The van der Waals surface area contributed by atoms with Crippen molar-refractivity contribution in [3.8, 4) is 0 Å². The average molecular weight is 410 g/mol. The van der Waals surface area contributed by atoms with Crippen LogP contribution in [0.25, 0.3) is 0 Å². The first-order valence-electron chi connectivity index (χ1n) is 9.24. The van der Waals surface area contributed by atoms with E-state index >= 15 is 0 Å². The molecule has 0 fully saturated rings. The summed E-state index contributed by atoms with van der Waals surface area (Å²) in [5.41, 5.74) is 0.0169. The van der Waals surface area contributed by atoms with Gasteiger partial charge in [-0.3, -0.25) is 14.4 Å². The minimum atomic E-state index is -4.08. The van der Waals surface area contributed by atoms with Gasteiger partial charge >= 0.3 is 5.97 Å². The normalized spacial score (nSPS) is 16.0. The van der Waals surface area contributed by atoms with E-state index in [9.17, 15) is 22.8 Å². The first-order chi connectivity index (χ1) is 13.1. The number of rotatable bonds is 9. The Kier molecular flexibility index (Phi) is 7.17. The average Bonchev–Trinajstić information content (AvgIpc) is 2.81. The molecule has 0 spiro atoms. The zero-order valence-electron chi connectivity index (χ0n) is 16.3. The van der Waals surface area contributed by atoms with E-state index in [1.54, 1.807) is 6.07 Å². The Morgan fingerprint density at radius 2 is 1.82 bits per heavy atom. The van der Waals surface area contributed by atoms with E-state index in [0.29, 0.717) is 10.2 Å². The molecule has 1 atom stereocenters. The van der Waals surface area contributed by atoms with Crippen molar-refractivity contribution in [2.75, 3.05) is 13.2 Å². The van der Waals surface area contributed by atoms with Gasteiger partial charge in [0.15, 0.2) is 6.61 Å². The lowest BCUT2D eigenvalue weighted by atomic mass is 10.0. The molecule has 2 amide bonds. The SMILES string of the molecule is CC(C)CCCC(C)NC(=O)COC(=O)CN1C(=O)c2ccccc2S1(=O)=O. The maximum atomic E-state index is 12.4. The molecule has 1 unspecified atom stereocenters. The Balaban J connectivity index is 1.82. The number of nitrogens with zero attached hydrogens (tertiary/aromatic N) is 1. The van der Waals surface area contributed by atoms with E-state index in [2.05, 4.69) is 19.2 Å². The van der Waals surface area contributed by atoms with Crippen LogP contribution in [0.15, 0.2) is 29.2 Å². The maximum Gasteiger partial charge on any atom is 0.327 e. The Bertz CT molecular complexity index is 850. The number of carbonyl (C=O) groups excluding carboxylic acids is 3. The van der Waals surface area contributed by atoms with Gasteiger partial charge in [0.1, 0.15) is 11.4 Å². The number of amides is 2. The quantitative estimate of drug-likeness (QED) is 0.621. The van der Waals surface area contributed by atoms with Crippen LogP contribution >= 0.6 is 0 Å². The Morgan fingerprint density at radius 1 is 1.14 bits per heavy atom. The smallest absolute Gasteiger partial charge is 0.327 e. The van der Waals surface area contributed by atoms with Gasteiger partial charge in [-0.15, -0.1) is 0 Å². The van der Waals surface area contributed by atoms with Crippen LogP contribution in [-0.2, 0) is 24.3 Å². The minimum absolute atomic E-state index is 0.0169. The fourth-order valence-electron chi connectivity index (χ4n) is 2.92. The molecule has 9 heteroatoms. The van der Waals surface area contributed by atoms with E-state index in [1.807, 2.05) is 6.92 Å². The zero-order valence-corrected chi connectivity index (χ0v) is 17.1. The van der Waals surface area contributed by atoms with Gasteiger partial charge in [0, 0.05) is 6.04 Å². The summed E-state index contributed by atoms with van der Waals surface area (Å²) in [6, 6.07) is 5.68. The van der Waals surface area contributed by atoms with Crippen LogP contribution in [-0.4, -0.2) is 49.7 Å². The number of hydrogen-bond donors (Lipinski definition) is 1. The van der Waals surface area contributed by atoms with Gasteiger partial charge in [-0.25, -0.2) is 12.7 Å². The van der Waals surface area contributed by atoms with Gasteiger partial charge in [-0.05, 0) is 31.4 Å². The lowest BCUT2D eigenvalue weighted by Crippen LogP contribution is -2.39. The van der Waals surface area contributed by atoms with Crippen LogP contribution in [0.2, 0.25) is 0 Å². The van der Waals surface area contributed by atoms with Gasteiger partial charge < -0.3 is 10.1 Å². The molecule has 8 nitrogen and oxygen atoms in total. The molecule has 0 radical (unpaired) electrons. The fourth-order valence-corrected chi connectivity index (χ4v) is 4.43. The molecule has 0 bridgehead atoms. The molecular weight excluding hydrogens is 384 g/mol. The van der Waals surface area contributed by atoms with Crippen molar-refractivity contribution in [2.24, 2.45) is 5.92 Å². The minimum Gasteiger partial charge on any atom is -0.454 e. The molecule has 1 aromatic carbocycles. The lowest BCUT2D eigenvalue weighted by Gasteiger charge is -2.16. The first-order valence-corrected chi connectivity index (χ1v) is 10.7. The summed E-state index contributed by atoms with van der Waals surface area (Å²) in [7, 11) is -4.08. The highest BCUT2D eigenvalue weighted by molar-refractivity contribution is 7.90. The highest BCUT2D eigenvalue weighted by atomic mass is 32.2. The number of fused-ring (bicyclic) bond motifs is 1. The molecule has 1 aliphatic heterocycles. The standard InChI is InChI=1S/C19H26N2O6S/c1-13(2)7-6-8-14(3)20-17(22)12-27-18(23)11-21-19(24)15-9-4-5-10-16(15)28(21,25)26/h4-5,9-10,13-14H,6-8,11-12H2,1-3H3,(H,20,22). The topological polar surface area (TPSA) is 110 Å². The third-order valence-corrected chi connectivity index (χ3v) is 6.16. The molecule has 1 aliphatic rings. The Hall–Kier alpha value is -2.42. The summed E-state index contributed by atoms with van der Waals surface area (Å²) >= 11 is 0. The predicted molar refractivity (Wildman–Crippen MR) is 102 cm³/mol. The second-order valence-corrected chi connectivity index (χ2v) is 9.10. The maximum absolute atomic E-state index is 12.4. The third-order valence-electron chi connectivity index (χ3n) is 4.37. The molecule has 0 saturated heterocycles. The molecule has 2 rings (SSSR count). The summed E-state index contributed by atoms with van der Waals surface area (Å²) in [5.74, 6) is -1.62. The van der Waals surface area contributed by atoms with Gasteiger partial charge in [0.25, 0.3) is 21.8 Å². The van der Waals surface area contributed by atoms with Crippen molar-refractivity contribution in [1.82, 2.24) is 9.62 Å². The van der Waals surface area contributed by atoms with Crippen LogP contribution in [0.4, 0.5) is 0 Å². The van der Waals surface area contributed by atoms with Gasteiger partial charge in [0.2, 0.25) is 0 Å². The molecule has 1 aromatic rings. The third kappa shape index (κ3) is 5.31. The van der Waals surface area contributed by atoms with Crippen molar-refractivity contribution in [3.05, 3.63) is 29.8 Å². The predicted octanol–water partition coefficient (Wildman–Crippen LogP) is 1.71. The van der Waals surface area contributed by atoms with Crippen molar-refractivity contribution in [2.45, 2.75) is 51.0 Å². The first kappa shape index (κ1) is 21.9. The summed E-state index contributed by atoms with van der Waals surface area (Å²) in [5, 5.41) is 2.73. The van der Waals surface area contributed by atoms with E-state index in [-0.39, 0.29) is 16.5 Å². The molecule has 28 heavy (non-hydrogen) atoms. The van der Waals surface area contributed by atoms with Crippen LogP contribution in [0.1, 0.15) is 50.4 Å². The number of benzene rings is 1. The number of esters is 1. The van der Waals surface area contributed by atoms with Crippen LogP contribution < -0.4 is 5.32 Å². The van der Waals surface area contributed by atoms with Gasteiger partial charge in [0.05, 0.1) is 5.56 Å². The van der Waals surface area contributed by atoms with Crippen molar-refractivity contribution in [3.63, 3.8) is 0 Å². The fraction of sp³-hybridized carbons (Fsp3) is 0.526. The highest BCUT2D eigenvalue weighted by Gasteiger charge is 2.42. The van der Waals surface area contributed by atoms with E-state index in [0.717, 1.165) is 19.3 Å². The second kappa shape index (κ2) is 9.18. The van der Waals surface area contributed by atoms with E-state index in [1.165, 1.54) is 18.2 Å². The lowest BCUT2D eigenvalue weighted by molar-refractivity contribution is -0.148. The highest BCUT2D eigenvalue weighted by Crippen LogP contribution is 2.29. The number of nitrogens with one attached hydrogen (secondary N) is 1. The molecule has 0 aromatic heterocycles. The van der Waals surface area contributed by atoms with Crippen LogP contribution in [0.5, 0.6) is 0 Å². The summed E-state index contributed by atoms with van der Waals surface area (Å²) < 4.78 is 30.1. The van der Waals surface area contributed by atoms with Gasteiger partial charge in [-0.2, -0.15) is 0 Å². The monoisotopic (exact) mass is 410 g/mol. The van der Waals surface area contributed by atoms with Gasteiger partial charge in [-0.1, -0.05) is 38.8 Å². The zero-order chi connectivity index (χ0) is 20.9. The molecule has 1 N–H and O–H groups in total. The molecule has 1 heterocycles. The molecular formula is C19H26N2O6S. The van der Waals surface area contributed by atoms with Crippen LogP contribution in [0, 0.1) is 5.92 Å². The number of sulfonamides is 1.